The molecular weight excluding hydrogens is 220 g/mol. The Bertz CT molecular complexity index is 273. The molecule has 1 heterocycles. The number of nitrogens with zero attached hydrogens (tertiary/aromatic N) is 2. The van der Waals surface area contributed by atoms with E-state index in [0.717, 1.165) is 13.1 Å². The number of carbonyl (C=O) groups is 2. The molecule has 0 saturated carbocycles. The van der Waals surface area contributed by atoms with Gasteiger partial charge in [0.2, 0.25) is 11.8 Å². The molecule has 0 aliphatic carbocycles. The van der Waals surface area contributed by atoms with E-state index in [0.29, 0.717) is 26.2 Å². The van der Waals surface area contributed by atoms with E-state index in [1.54, 1.807) is 11.8 Å². The lowest BCUT2D eigenvalue weighted by molar-refractivity contribution is -0.134. The predicted molar refractivity (Wildman–Crippen MR) is 65.4 cm³/mol. The lowest BCUT2D eigenvalue weighted by atomic mass is 10.2. The summed E-state index contributed by atoms with van der Waals surface area (Å²) in [5.74, 6) is 0.0297. The molecule has 0 aromatic rings. The smallest absolute Gasteiger partial charge is 0.239 e. The molecule has 17 heavy (non-hydrogen) atoms. The summed E-state index contributed by atoms with van der Waals surface area (Å²) >= 11 is 0. The Balaban J connectivity index is 2.31. The van der Waals surface area contributed by atoms with Crippen LogP contribution in [-0.4, -0.2) is 66.9 Å². The number of piperazine rings is 1. The number of carbonyl (C=O) groups excluding carboxylic acids is 2. The monoisotopic (exact) mass is 242 g/mol. The third-order valence-corrected chi connectivity index (χ3v) is 2.81. The molecule has 1 aliphatic rings. The van der Waals surface area contributed by atoms with Crippen LogP contribution in [-0.2, 0) is 9.59 Å². The molecule has 6 heteroatoms. The molecule has 0 unspecified atom stereocenters. The van der Waals surface area contributed by atoms with Gasteiger partial charge in [0.1, 0.15) is 0 Å². The van der Waals surface area contributed by atoms with Crippen LogP contribution >= 0.6 is 0 Å². The second kappa shape index (κ2) is 6.56. The highest BCUT2D eigenvalue weighted by molar-refractivity contribution is 5.81. The summed E-state index contributed by atoms with van der Waals surface area (Å²) < 4.78 is 0. The summed E-state index contributed by atoms with van der Waals surface area (Å²) in [6.45, 7) is 7.43. The Morgan fingerprint density at radius 3 is 2.35 bits per heavy atom. The van der Waals surface area contributed by atoms with Gasteiger partial charge in [-0.15, -0.1) is 0 Å². The minimum Gasteiger partial charge on any atom is -0.355 e. The van der Waals surface area contributed by atoms with Gasteiger partial charge in [0.05, 0.1) is 12.6 Å². The van der Waals surface area contributed by atoms with Crippen LogP contribution in [0.4, 0.5) is 0 Å². The van der Waals surface area contributed by atoms with Gasteiger partial charge in [-0.2, -0.15) is 0 Å². The van der Waals surface area contributed by atoms with Gasteiger partial charge in [0, 0.05) is 32.7 Å². The summed E-state index contributed by atoms with van der Waals surface area (Å²) in [4.78, 5) is 26.8. The van der Waals surface area contributed by atoms with E-state index in [9.17, 15) is 9.59 Å². The molecule has 1 fully saturated rings. The van der Waals surface area contributed by atoms with Gasteiger partial charge in [-0.05, 0) is 13.8 Å². The maximum Gasteiger partial charge on any atom is 0.239 e. The summed E-state index contributed by atoms with van der Waals surface area (Å²) in [6, 6.07) is -0.440. The Morgan fingerprint density at radius 2 is 1.88 bits per heavy atom. The lowest BCUT2D eigenvalue weighted by Crippen LogP contribution is -2.54. The van der Waals surface area contributed by atoms with Crippen molar-refractivity contribution in [3.8, 4) is 0 Å². The molecule has 0 aromatic heterocycles. The van der Waals surface area contributed by atoms with Gasteiger partial charge in [-0.3, -0.25) is 14.5 Å². The summed E-state index contributed by atoms with van der Waals surface area (Å²) in [5, 5.41) is 2.76. The normalized spacial score (nSPS) is 18.9. The maximum atomic E-state index is 11.6. The van der Waals surface area contributed by atoms with Crippen molar-refractivity contribution in [3.05, 3.63) is 0 Å². The number of hydrogen-bond acceptors (Lipinski definition) is 4. The second-order valence-corrected chi connectivity index (χ2v) is 4.34. The van der Waals surface area contributed by atoms with Crippen molar-refractivity contribution in [1.29, 1.82) is 0 Å². The molecule has 1 saturated heterocycles. The number of likely N-dealkylation sites (N-methyl/N-ethyl adjacent to an activating group) is 1. The zero-order chi connectivity index (χ0) is 12.8. The van der Waals surface area contributed by atoms with Crippen LogP contribution in [0.5, 0.6) is 0 Å². The SMILES string of the molecule is CCNC(=O)CN1CCN(C(=O)[C@@H](C)N)CC1. The Morgan fingerprint density at radius 1 is 1.29 bits per heavy atom. The van der Waals surface area contributed by atoms with Crippen molar-refractivity contribution in [2.45, 2.75) is 19.9 Å². The van der Waals surface area contributed by atoms with Crippen molar-refractivity contribution >= 4 is 11.8 Å². The minimum atomic E-state index is -0.440. The van der Waals surface area contributed by atoms with Gasteiger partial charge >= 0.3 is 0 Å². The highest BCUT2D eigenvalue weighted by Gasteiger charge is 2.23. The standard InChI is InChI=1S/C11H22N4O2/c1-3-13-10(16)8-14-4-6-15(7-5-14)11(17)9(2)12/h9H,3-8,12H2,1-2H3,(H,13,16)/t9-/m1/s1. The van der Waals surface area contributed by atoms with Gasteiger partial charge in [-0.1, -0.05) is 0 Å². The topological polar surface area (TPSA) is 78.7 Å². The summed E-state index contributed by atoms with van der Waals surface area (Å²) in [7, 11) is 0. The first-order valence-corrected chi connectivity index (χ1v) is 6.08. The third kappa shape index (κ3) is 4.32. The highest BCUT2D eigenvalue weighted by Crippen LogP contribution is 2.02. The molecule has 3 N–H and O–H groups in total. The first-order chi connectivity index (χ1) is 8.04. The van der Waals surface area contributed by atoms with Crippen LogP contribution in [0, 0.1) is 0 Å². The van der Waals surface area contributed by atoms with Crippen LogP contribution in [0.25, 0.3) is 0 Å². The Hall–Kier alpha value is -1.14. The van der Waals surface area contributed by atoms with E-state index in [-0.39, 0.29) is 11.8 Å². The van der Waals surface area contributed by atoms with Crippen LogP contribution in [0.2, 0.25) is 0 Å². The number of hydrogen-bond donors (Lipinski definition) is 2. The predicted octanol–water partition coefficient (Wildman–Crippen LogP) is -1.39. The first-order valence-electron chi connectivity index (χ1n) is 6.08. The molecule has 1 rings (SSSR count). The van der Waals surface area contributed by atoms with Crippen LogP contribution in [0.15, 0.2) is 0 Å². The molecule has 0 spiro atoms. The van der Waals surface area contributed by atoms with E-state index >= 15 is 0 Å². The van der Waals surface area contributed by atoms with E-state index in [2.05, 4.69) is 10.2 Å². The quantitative estimate of drug-likeness (QED) is 0.636. The van der Waals surface area contributed by atoms with E-state index in [1.807, 2.05) is 6.92 Å². The maximum absolute atomic E-state index is 11.6. The molecule has 6 nitrogen and oxygen atoms in total. The number of nitrogens with one attached hydrogen (secondary N) is 1. The largest absolute Gasteiger partial charge is 0.355 e. The van der Waals surface area contributed by atoms with Crippen LogP contribution < -0.4 is 11.1 Å². The average molecular weight is 242 g/mol. The molecular formula is C11H22N4O2. The van der Waals surface area contributed by atoms with E-state index in [1.165, 1.54) is 0 Å². The van der Waals surface area contributed by atoms with Crippen molar-refractivity contribution in [2.75, 3.05) is 39.3 Å². The first kappa shape index (κ1) is 13.9. The fraction of sp³-hybridized carbons (Fsp3) is 0.818. The van der Waals surface area contributed by atoms with Crippen molar-refractivity contribution in [1.82, 2.24) is 15.1 Å². The van der Waals surface area contributed by atoms with Crippen molar-refractivity contribution < 1.29 is 9.59 Å². The van der Waals surface area contributed by atoms with Crippen LogP contribution in [0.3, 0.4) is 0 Å². The van der Waals surface area contributed by atoms with E-state index in [4.69, 9.17) is 5.73 Å². The molecule has 2 amide bonds. The second-order valence-electron chi connectivity index (χ2n) is 4.34. The molecule has 98 valence electrons. The highest BCUT2D eigenvalue weighted by atomic mass is 16.2. The fourth-order valence-corrected chi connectivity index (χ4v) is 1.87. The summed E-state index contributed by atoms with van der Waals surface area (Å²) in [5.41, 5.74) is 5.55. The van der Waals surface area contributed by atoms with Gasteiger partial charge < -0.3 is 16.0 Å². The third-order valence-electron chi connectivity index (χ3n) is 2.81. The summed E-state index contributed by atoms with van der Waals surface area (Å²) in [6.07, 6.45) is 0. The van der Waals surface area contributed by atoms with Gasteiger partial charge in [0.25, 0.3) is 0 Å². The Labute approximate surface area is 102 Å². The van der Waals surface area contributed by atoms with Gasteiger partial charge in [-0.25, -0.2) is 0 Å². The van der Waals surface area contributed by atoms with Crippen molar-refractivity contribution in [2.24, 2.45) is 5.73 Å². The molecule has 0 radical (unpaired) electrons. The fourth-order valence-electron chi connectivity index (χ4n) is 1.87. The number of rotatable bonds is 4. The zero-order valence-corrected chi connectivity index (χ0v) is 10.6. The van der Waals surface area contributed by atoms with E-state index < -0.39 is 6.04 Å². The average Bonchev–Trinajstić information content (AvgIpc) is 2.29. The molecule has 0 aromatic carbocycles. The molecule has 1 atom stereocenters. The van der Waals surface area contributed by atoms with Gasteiger partial charge in [0.15, 0.2) is 0 Å². The Kier molecular flexibility index (Phi) is 5.37. The number of amides is 2. The van der Waals surface area contributed by atoms with Crippen molar-refractivity contribution in [3.63, 3.8) is 0 Å². The molecule has 1 aliphatic heterocycles. The number of nitrogens with two attached hydrogens (primary N) is 1. The lowest BCUT2D eigenvalue weighted by Gasteiger charge is -2.35. The minimum absolute atomic E-state index is 0.0114. The van der Waals surface area contributed by atoms with Crippen LogP contribution in [0.1, 0.15) is 13.8 Å². The zero-order valence-electron chi connectivity index (χ0n) is 10.6. The molecule has 0 bridgehead atoms.